The molecule has 1 amide bonds. The second kappa shape index (κ2) is 8.26. The molecule has 6 heteroatoms. The number of halogens is 1. The number of hydrogen-bond donors (Lipinski definition) is 1. The molecule has 1 N–H and O–H groups in total. The van der Waals surface area contributed by atoms with E-state index in [4.69, 9.17) is 11.6 Å². The smallest absolute Gasteiger partial charge is 0.235 e. The minimum Gasteiger partial charge on any atom is -0.316 e. The number of thioether (sulfide) groups is 1. The van der Waals surface area contributed by atoms with Gasteiger partial charge in [0.25, 0.3) is 0 Å². The summed E-state index contributed by atoms with van der Waals surface area (Å²) in [5.41, 5.74) is 2.06. The highest BCUT2D eigenvalue weighted by molar-refractivity contribution is 8.00. The third kappa shape index (κ3) is 4.87. The van der Waals surface area contributed by atoms with Crippen LogP contribution in [0.15, 0.2) is 29.2 Å². The van der Waals surface area contributed by atoms with Crippen molar-refractivity contribution in [3.63, 3.8) is 0 Å². The topological polar surface area (TPSA) is 52.9 Å². The summed E-state index contributed by atoms with van der Waals surface area (Å²) in [5, 5.41) is 14.0. The van der Waals surface area contributed by atoms with Crippen LogP contribution in [0.4, 0.5) is 5.00 Å². The molecule has 0 spiro atoms. The van der Waals surface area contributed by atoms with E-state index in [-0.39, 0.29) is 11.3 Å². The Kier molecular flexibility index (Phi) is 6.20. The van der Waals surface area contributed by atoms with Gasteiger partial charge < -0.3 is 5.32 Å². The lowest BCUT2D eigenvalue weighted by Crippen LogP contribution is -2.26. The first-order valence-electron chi connectivity index (χ1n) is 9.00. The van der Waals surface area contributed by atoms with Crippen molar-refractivity contribution in [1.82, 2.24) is 0 Å². The molecule has 0 saturated carbocycles. The zero-order valence-electron chi connectivity index (χ0n) is 15.8. The Morgan fingerprint density at radius 2 is 2.07 bits per heavy atom. The van der Waals surface area contributed by atoms with Gasteiger partial charge in [0, 0.05) is 14.8 Å². The lowest BCUT2D eigenvalue weighted by atomic mass is 9.72. The first-order chi connectivity index (χ1) is 12.8. The minimum atomic E-state index is -0.0857. The van der Waals surface area contributed by atoms with Gasteiger partial charge in [-0.1, -0.05) is 32.4 Å². The van der Waals surface area contributed by atoms with Gasteiger partial charge in [0.2, 0.25) is 5.91 Å². The van der Waals surface area contributed by atoms with Crippen LogP contribution in [0.3, 0.4) is 0 Å². The summed E-state index contributed by atoms with van der Waals surface area (Å²) in [7, 11) is 0. The SMILES string of the molecule is CC(C)(C)[C@@H]1CCc2c(sc(NC(=O)CSc3ccc(Cl)cc3)c2C#N)C1. The monoisotopic (exact) mass is 418 g/mol. The van der Waals surface area contributed by atoms with E-state index >= 15 is 0 Å². The molecule has 27 heavy (non-hydrogen) atoms. The van der Waals surface area contributed by atoms with Gasteiger partial charge in [-0.05, 0) is 60.4 Å². The summed E-state index contributed by atoms with van der Waals surface area (Å²) in [4.78, 5) is 14.7. The van der Waals surface area contributed by atoms with E-state index < -0.39 is 0 Å². The van der Waals surface area contributed by atoms with Crippen LogP contribution in [0.1, 0.15) is 43.2 Å². The highest BCUT2D eigenvalue weighted by Crippen LogP contribution is 2.44. The van der Waals surface area contributed by atoms with Gasteiger partial charge in [-0.15, -0.1) is 23.1 Å². The van der Waals surface area contributed by atoms with E-state index in [9.17, 15) is 10.1 Å². The van der Waals surface area contributed by atoms with Crippen molar-refractivity contribution in [1.29, 1.82) is 5.26 Å². The molecule has 1 aliphatic rings. The van der Waals surface area contributed by atoms with E-state index in [0.717, 1.165) is 29.7 Å². The van der Waals surface area contributed by atoms with E-state index in [1.807, 2.05) is 24.3 Å². The second-order valence-electron chi connectivity index (χ2n) is 7.92. The van der Waals surface area contributed by atoms with E-state index in [2.05, 4.69) is 32.2 Å². The number of nitriles is 1. The van der Waals surface area contributed by atoms with E-state index in [1.54, 1.807) is 11.3 Å². The maximum Gasteiger partial charge on any atom is 0.235 e. The number of amides is 1. The molecule has 1 aromatic heterocycles. The highest BCUT2D eigenvalue weighted by Gasteiger charge is 2.32. The van der Waals surface area contributed by atoms with Crippen LogP contribution in [0.5, 0.6) is 0 Å². The van der Waals surface area contributed by atoms with Crippen LogP contribution >= 0.6 is 34.7 Å². The van der Waals surface area contributed by atoms with Crippen molar-refractivity contribution in [2.75, 3.05) is 11.1 Å². The third-order valence-electron chi connectivity index (χ3n) is 5.04. The zero-order chi connectivity index (χ0) is 19.6. The average Bonchev–Trinajstić information content (AvgIpc) is 2.96. The summed E-state index contributed by atoms with van der Waals surface area (Å²) in [5.74, 6) is 0.830. The van der Waals surface area contributed by atoms with E-state index in [0.29, 0.717) is 27.3 Å². The highest BCUT2D eigenvalue weighted by atomic mass is 35.5. The maximum absolute atomic E-state index is 12.4. The molecule has 3 rings (SSSR count). The van der Waals surface area contributed by atoms with E-state index in [1.165, 1.54) is 16.6 Å². The molecule has 1 aromatic carbocycles. The molecule has 142 valence electrons. The van der Waals surface area contributed by atoms with Crippen molar-refractivity contribution >= 4 is 45.6 Å². The van der Waals surface area contributed by atoms with Crippen LogP contribution < -0.4 is 5.32 Å². The molecule has 0 fully saturated rings. The van der Waals surface area contributed by atoms with Crippen molar-refractivity contribution in [3.8, 4) is 6.07 Å². The van der Waals surface area contributed by atoms with Gasteiger partial charge in [-0.3, -0.25) is 4.79 Å². The van der Waals surface area contributed by atoms with Gasteiger partial charge >= 0.3 is 0 Å². The maximum atomic E-state index is 12.4. The fourth-order valence-electron chi connectivity index (χ4n) is 3.37. The fraction of sp³-hybridized carbons (Fsp3) is 0.429. The molecule has 0 unspecified atom stereocenters. The summed E-state index contributed by atoms with van der Waals surface area (Å²) in [6.07, 6.45) is 3.02. The molecule has 3 nitrogen and oxygen atoms in total. The Hall–Kier alpha value is -1.48. The molecule has 0 bridgehead atoms. The molecule has 1 aliphatic carbocycles. The number of thiophene rings is 1. The van der Waals surface area contributed by atoms with Crippen LogP contribution in [-0.4, -0.2) is 11.7 Å². The van der Waals surface area contributed by atoms with Gasteiger partial charge in [-0.25, -0.2) is 0 Å². The summed E-state index contributed by atoms with van der Waals surface area (Å²) in [6, 6.07) is 9.75. The number of hydrogen-bond acceptors (Lipinski definition) is 4. The number of carbonyl (C=O) groups is 1. The Balaban J connectivity index is 1.68. The lowest BCUT2D eigenvalue weighted by Gasteiger charge is -2.33. The zero-order valence-corrected chi connectivity index (χ0v) is 18.2. The molecular formula is C21H23ClN2OS2. The molecule has 1 atom stereocenters. The Morgan fingerprint density at radius 1 is 1.37 bits per heavy atom. The molecule has 0 radical (unpaired) electrons. The number of nitrogens with zero attached hydrogens (tertiary/aromatic N) is 1. The standard InChI is InChI=1S/C21H23ClN2OS2/c1-21(2,3)13-4-9-16-17(11-23)20(27-18(16)10-13)24-19(25)12-26-15-7-5-14(22)6-8-15/h5-8,13H,4,9-10,12H2,1-3H3,(H,24,25)/t13-/m1/s1. The van der Waals surface area contributed by atoms with Crippen LogP contribution in [-0.2, 0) is 17.6 Å². The third-order valence-corrected chi connectivity index (χ3v) is 7.47. The Labute approximate surface area is 174 Å². The number of rotatable bonds is 4. The predicted octanol–water partition coefficient (Wildman–Crippen LogP) is 6.15. The minimum absolute atomic E-state index is 0.0857. The normalized spacial score (nSPS) is 16.5. The fourth-order valence-corrected chi connectivity index (χ4v) is 5.49. The van der Waals surface area contributed by atoms with Crippen LogP contribution in [0.25, 0.3) is 0 Å². The molecule has 0 saturated heterocycles. The predicted molar refractivity (Wildman–Crippen MR) is 115 cm³/mol. The van der Waals surface area contributed by atoms with Crippen LogP contribution in [0.2, 0.25) is 5.02 Å². The van der Waals surface area contributed by atoms with Crippen molar-refractivity contribution in [3.05, 3.63) is 45.3 Å². The number of fused-ring (bicyclic) bond motifs is 1. The quantitative estimate of drug-likeness (QED) is 0.605. The Morgan fingerprint density at radius 3 is 2.70 bits per heavy atom. The average molecular weight is 419 g/mol. The molecule has 2 aromatic rings. The van der Waals surface area contributed by atoms with Crippen molar-refractivity contribution in [2.24, 2.45) is 11.3 Å². The summed E-state index contributed by atoms with van der Waals surface area (Å²) >= 11 is 8.92. The van der Waals surface area contributed by atoms with Gasteiger partial charge in [0.1, 0.15) is 11.1 Å². The first kappa shape index (κ1) is 20.3. The number of benzene rings is 1. The first-order valence-corrected chi connectivity index (χ1v) is 11.2. The van der Waals surface area contributed by atoms with Crippen molar-refractivity contribution < 1.29 is 4.79 Å². The second-order valence-corrected chi connectivity index (χ2v) is 10.5. The van der Waals surface area contributed by atoms with Crippen molar-refractivity contribution in [2.45, 2.75) is 44.9 Å². The molecular weight excluding hydrogens is 396 g/mol. The molecule has 0 aliphatic heterocycles. The van der Waals surface area contributed by atoms with Gasteiger partial charge in [0.05, 0.1) is 11.3 Å². The molecule has 1 heterocycles. The number of carbonyl (C=O) groups excluding carboxylic acids is 1. The summed E-state index contributed by atoms with van der Waals surface area (Å²) in [6.45, 7) is 6.83. The van der Waals surface area contributed by atoms with Crippen LogP contribution in [0, 0.1) is 22.7 Å². The van der Waals surface area contributed by atoms with Gasteiger partial charge in [-0.2, -0.15) is 5.26 Å². The largest absolute Gasteiger partial charge is 0.316 e. The van der Waals surface area contributed by atoms with Gasteiger partial charge in [0.15, 0.2) is 0 Å². The number of nitrogens with one attached hydrogen (secondary N) is 1. The number of anilines is 1. The summed E-state index contributed by atoms with van der Waals surface area (Å²) < 4.78 is 0. The Bertz CT molecular complexity index is 875. The lowest BCUT2D eigenvalue weighted by molar-refractivity contribution is -0.113.